The molecule has 0 saturated carbocycles. The molecule has 0 aliphatic carbocycles. The second kappa shape index (κ2) is 5.22. The summed E-state index contributed by atoms with van der Waals surface area (Å²) in [6, 6.07) is 14.7. The third kappa shape index (κ3) is 2.39. The zero-order valence-corrected chi connectivity index (χ0v) is 11.8. The predicted octanol–water partition coefficient (Wildman–Crippen LogP) is 5.09. The first-order chi connectivity index (χ1) is 9.67. The minimum absolute atomic E-state index is 0.266. The highest BCUT2D eigenvalue weighted by atomic mass is 35.5. The highest BCUT2D eigenvalue weighted by molar-refractivity contribution is 6.17. The molecule has 1 heterocycles. The van der Waals surface area contributed by atoms with Crippen molar-refractivity contribution in [2.45, 2.75) is 12.8 Å². The molecule has 1 aromatic heterocycles. The van der Waals surface area contributed by atoms with E-state index in [-0.39, 0.29) is 5.82 Å². The number of benzene rings is 2. The van der Waals surface area contributed by atoms with Crippen molar-refractivity contribution < 1.29 is 4.39 Å². The third-order valence-corrected chi connectivity index (χ3v) is 3.66. The summed E-state index contributed by atoms with van der Waals surface area (Å²) in [6.45, 7) is 2.01. The van der Waals surface area contributed by atoms with Gasteiger partial charge in [-0.25, -0.2) is 9.37 Å². The smallest absolute Gasteiger partial charge is 0.125 e. The molecule has 0 radical (unpaired) electrons. The summed E-state index contributed by atoms with van der Waals surface area (Å²) in [4.78, 5) is 4.59. The van der Waals surface area contributed by atoms with Crippen LogP contribution in [-0.4, -0.2) is 4.98 Å². The third-order valence-electron chi connectivity index (χ3n) is 3.35. The molecular formula is C17H13ClFN. The van der Waals surface area contributed by atoms with Gasteiger partial charge in [0.1, 0.15) is 5.82 Å². The van der Waals surface area contributed by atoms with Crippen molar-refractivity contribution in [3.8, 4) is 11.3 Å². The van der Waals surface area contributed by atoms with Crippen LogP contribution < -0.4 is 0 Å². The van der Waals surface area contributed by atoms with E-state index in [2.05, 4.69) is 4.98 Å². The molecule has 0 fully saturated rings. The largest absolute Gasteiger partial charge is 0.247 e. The van der Waals surface area contributed by atoms with Gasteiger partial charge in [-0.15, -0.1) is 11.6 Å². The Morgan fingerprint density at radius 1 is 1.05 bits per heavy atom. The number of aromatic nitrogens is 1. The van der Waals surface area contributed by atoms with Gasteiger partial charge in [0.2, 0.25) is 0 Å². The maximum absolute atomic E-state index is 13.3. The molecule has 0 N–H and O–H groups in total. The van der Waals surface area contributed by atoms with E-state index < -0.39 is 0 Å². The van der Waals surface area contributed by atoms with Gasteiger partial charge in [0, 0.05) is 22.9 Å². The molecule has 0 saturated heterocycles. The Labute approximate surface area is 122 Å². The fourth-order valence-electron chi connectivity index (χ4n) is 2.29. The second-order valence-corrected chi connectivity index (χ2v) is 5.09. The molecule has 0 aliphatic rings. The molecular weight excluding hydrogens is 273 g/mol. The van der Waals surface area contributed by atoms with Crippen molar-refractivity contribution in [1.29, 1.82) is 0 Å². The summed E-state index contributed by atoms with van der Waals surface area (Å²) in [5.74, 6) is 0.229. The molecule has 2 aromatic carbocycles. The zero-order chi connectivity index (χ0) is 14.1. The van der Waals surface area contributed by atoms with Crippen LogP contribution in [0.4, 0.5) is 4.39 Å². The molecule has 3 aromatic rings. The summed E-state index contributed by atoms with van der Waals surface area (Å²) in [5, 5.41) is 0.949. The van der Waals surface area contributed by atoms with E-state index in [4.69, 9.17) is 11.6 Å². The van der Waals surface area contributed by atoms with Crippen LogP contribution in [-0.2, 0) is 5.88 Å². The van der Waals surface area contributed by atoms with Crippen LogP contribution >= 0.6 is 11.6 Å². The normalized spacial score (nSPS) is 10.9. The number of rotatable bonds is 2. The highest BCUT2D eigenvalue weighted by Gasteiger charge is 2.07. The minimum atomic E-state index is -0.266. The summed E-state index contributed by atoms with van der Waals surface area (Å²) < 4.78 is 13.3. The number of pyridine rings is 1. The number of fused-ring (bicyclic) bond motifs is 1. The first kappa shape index (κ1) is 13.1. The molecule has 0 spiro atoms. The van der Waals surface area contributed by atoms with Crippen LogP contribution in [0.2, 0.25) is 0 Å². The van der Waals surface area contributed by atoms with Gasteiger partial charge >= 0.3 is 0 Å². The fourth-order valence-corrected chi connectivity index (χ4v) is 2.47. The van der Waals surface area contributed by atoms with Crippen molar-refractivity contribution in [1.82, 2.24) is 4.98 Å². The van der Waals surface area contributed by atoms with Crippen molar-refractivity contribution in [3.05, 3.63) is 65.5 Å². The van der Waals surface area contributed by atoms with E-state index >= 15 is 0 Å². The fraction of sp³-hybridized carbons (Fsp3) is 0.118. The van der Waals surface area contributed by atoms with Gasteiger partial charge in [0.25, 0.3) is 0 Å². The van der Waals surface area contributed by atoms with E-state index in [1.54, 1.807) is 6.07 Å². The summed E-state index contributed by atoms with van der Waals surface area (Å²) in [7, 11) is 0. The maximum Gasteiger partial charge on any atom is 0.125 e. The average molecular weight is 286 g/mol. The van der Waals surface area contributed by atoms with Gasteiger partial charge < -0.3 is 0 Å². The monoisotopic (exact) mass is 285 g/mol. The lowest BCUT2D eigenvalue weighted by Crippen LogP contribution is -1.91. The molecule has 0 atom stereocenters. The van der Waals surface area contributed by atoms with Gasteiger partial charge in [-0.05, 0) is 36.2 Å². The Bertz CT molecular complexity index is 766. The van der Waals surface area contributed by atoms with Gasteiger partial charge in [-0.2, -0.15) is 0 Å². The molecule has 3 heteroatoms. The summed E-state index contributed by atoms with van der Waals surface area (Å²) >= 11 is 5.79. The molecule has 0 aliphatic heterocycles. The van der Waals surface area contributed by atoms with E-state index in [9.17, 15) is 4.39 Å². The molecule has 0 amide bonds. The van der Waals surface area contributed by atoms with Gasteiger partial charge in [0.15, 0.2) is 0 Å². The van der Waals surface area contributed by atoms with E-state index in [0.717, 1.165) is 27.8 Å². The van der Waals surface area contributed by atoms with Crippen LogP contribution in [0.1, 0.15) is 11.1 Å². The van der Waals surface area contributed by atoms with Crippen LogP contribution in [0.5, 0.6) is 0 Å². The SMILES string of the molecule is Cc1cc2ccc(F)cc2nc1-c1ccc(CCl)cc1. The quantitative estimate of drug-likeness (QED) is 0.598. The molecule has 3 rings (SSSR count). The molecule has 0 bridgehead atoms. The molecule has 100 valence electrons. The molecule has 1 nitrogen and oxygen atoms in total. The Hall–Kier alpha value is -1.93. The number of hydrogen-bond acceptors (Lipinski definition) is 1. The number of alkyl halides is 1. The van der Waals surface area contributed by atoms with Crippen molar-refractivity contribution in [2.24, 2.45) is 0 Å². The van der Waals surface area contributed by atoms with Crippen molar-refractivity contribution in [3.63, 3.8) is 0 Å². The average Bonchev–Trinajstić information content (AvgIpc) is 2.47. The number of halogens is 2. The Morgan fingerprint density at radius 3 is 2.50 bits per heavy atom. The lowest BCUT2D eigenvalue weighted by atomic mass is 10.0. The Morgan fingerprint density at radius 2 is 1.80 bits per heavy atom. The first-order valence-electron chi connectivity index (χ1n) is 6.39. The number of aryl methyl sites for hydroxylation is 1. The van der Waals surface area contributed by atoms with Crippen molar-refractivity contribution in [2.75, 3.05) is 0 Å². The maximum atomic E-state index is 13.3. The minimum Gasteiger partial charge on any atom is -0.247 e. The predicted molar refractivity (Wildman–Crippen MR) is 81.4 cm³/mol. The standard InChI is InChI=1S/C17H13ClFN/c1-11-8-14-6-7-15(19)9-16(14)20-17(11)13-4-2-12(10-18)3-5-13/h2-9H,10H2,1H3. The molecule has 0 unspecified atom stereocenters. The summed E-state index contributed by atoms with van der Waals surface area (Å²) in [5.41, 5.74) is 4.71. The van der Waals surface area contributed by atoms with Crippen LogP contribution in [0, 0.1) is 12.7 Å². The lowest BCUT2D eigenvalue weighted by Gasteiger charge is -2.08. The number of hydrogen-bond donors (Lipinski definition) is 0. The van der Waals surface area contributed by atoms with Crippen LogP contribution in [0.3, 0.4) is 0 Å². The van der Waals surface area contributed by atoms with E-state index in [0.29, 0.717) is 11.4 Å². The Kier molecular flexibility index (Phi) is 3.41. The van der Waals surface area contributed by atoms with E-state index in [1.807, 2.05) is 37.3 Å². The van der Waals surface area contributed by atoms with Crippen LogP contribution in [0.15, 0.2) is 48.5 Å². The topological polar surface area (TPSA) is 12.9 Å². The highest BCUT2D eigenvalue weighted by Crippen LogP contribution is 2.26. The van der Waals surface area contributed by atoms with Gasteiger partial charge in [-0.1, -0.05) is 24.3 Å². The van der Waals surface area contributed by atoms with Crippen LogP contribution in [0.25, 0.3) is 22.2 Å². The number of nitrogens with zero attached hydrogens (tertiary/aromatic N) is 1. The summed E-state index contributed by atoms with van der Waals surface area (Å²) in [6.07, 6.45) is 0. The lowest BCUT2D eigenvalue weighted by molar-refractivity contribution is 0.629. The van der Waals surface area contributed by atoms with Gasteiger partial charge in [0.05, 0.1) is 11.2 Å². The molecule has 20 heavy (non-hydrogen) atoms. The van der Waals surface area contributed by atoms with Crippen molar-refractivity contribution >= 4 is 22.5 Å². The second-order valence-electron chi connectivity index (χ2n) is 4.82. The zero-order valence-electron chi connectivity index (χ0n) is 11.0. The van der Waals surface area contributed by atoms with Gasteiger partial charge in [-0.3, -0.25) is 0 Å². The first-order valence-corrected chi connectivity index (χ1v) is 6.93. The van der Waals surface area contributed by atoms with E-state index in [1.165, 1.54) is 12.1 Å². The Balaban J connectivity index is 2.16.